The fourth-order valence-corrected chi connectivity index (χ4v) is 4.40. The van der Waals surface area contributed by atoms with Crippen LogP contribution in [0.2, 0.25) is 0 Å². The molecule has 0 unspecified atom stereocenters. The highest BCUT2D eigenvalue weighted by molar-refractivity contribution is 5.96. The van der Waals surface area contributed by atoms with Crippen LogP contribution in [0.25, 0.3) is 0 Å². The van der Waals surface area contributed by atoms with Crippen molar-refractivity contribution in [1.82, 2.24) is 9.80 Å². The van der Waals surface area contributed by atoms with Crippen LogP contribution < -0.4 is 0 Å². The van der Waals surface area contributed by atoms with E-state index in [9.17, 15) is 9.59 Å². The highest BCUT2D eigenvalue weighted by atomic mass is 16.5. The van der Waals surface area contributed by atoms with Crippen molar-refractivity contribution in [3.8, 4) is 0 Å². The molecule has 0 bridgehead atoms. The Kier molecular flexibility index (Phi) is 5.63. The van der Waals surface area contributed by atoms with Crippen LogP contribution in [0.3, 0.4) is 0 Å². The molecule has 1 saturated heterocycles. The SMILES string of the molecule is COC(=O)c1ccc(C(=O)N2C[C@H]3C[C@@H](N(C)C)[C@H](OC)C[C@H]3C2)cc1. The summed E-state index contributed by atoms with van der Waals surface area (Å²) in [6.45, 7) is 1.57. The van der Waals surface area contributed by atoms with Gasteiger partial charge in [-0.25, -0.2) is 4.79 Å². The maximum absolute atomic E-state index is 12.9. The zero-order valence-electron chi connectivity index (χ0n) is 16.0. The Morgan fingerprint density at radius 1 is 1.00 bits per heavy atom. The molecule has 1 saturated carbocycles. The topological polar surface area (TPSA) is 59.1 Å². The van der Waals surface area contributed by atoms with Crippen molar-refractivity contribution >= 4 is 11.9 Å². The lowest BCUT2D eigenvalue weighted by Gasteiger charge is -2.40. The zero-order valence-corrected chi connectivity index (χ0v) is 16.0. The second-order valence-corrected chi connectivity index (χ2v) is 7.58. The van der Waals surface area contributed by atoms with E-state index in [0.717, 1.165) is 25.9 Å². The average Bonchev–Trinajstić information content (AvgIpc) is 3.08. The molecule has 6 nitrogen and oxygen atoms in total. The lowest BCUT2D eigenvalue weighted by molar-refractivity contribution is -0.0209. The standard InChI is InChI=1S/C20H28N2O4/c1-21(2)17-9-15-11-22(12-16(15)10-18(17)25-3)19(23)13-5-7-14(8-6-13)20(24)26-4/h5-8,15-18H,9-12H2,1-4H3/t15-,16+,17-,18-/m1/s1. The maximum Gasteiger partial charge on any atom is 0.337 e. The molecule has 26 heavy (non-hydrogen) atoms. The van der Waals surface area contributed by atoms with Crippen LogP contribution in [-0.2, 0) is 9.47 Å². The molecular weight excluding hydrogens is 332 g/mol. The third-order valence-electron chi connectivity index (χ3n) is 5.89. The smallest absolute Gasteiger partial charge is 0.337 e. The Labute approximate surface area is 155 Å². The Hall–Kier alpha value is -1.92. The van der Waals surface area contributed by atoms with Crippen LogP contribution in [0, 0.1) is 11.8 Å². The van der Waals surface area contributed by atoms with Crippen LogP contribution in [0.15, 0.2) is 24.3 Å². The van der Waals surface area contributed by atoms with E-state index < -0.39 is 5.97 Å². The lowest BCUT2D eigenvalue weighted by Crippen LogP contribution is -2.47. The van der Waals surface area contributed by atoms with E-state index in [1.807, 2.05) is 4.90 Å². The van der Waals surface area contributed by atoms with Crippen molar-refractivity contribution < 1.29 is 19.1 Å². The largest absolute Gasteiger partial charge is 0.465 e. The summed E-state index contributed by atoms with van der Waals surface area (Å²) in [5.74, 6) is 0.657. The summed E-state index contributed by atoms with van der Waals surface area (Å²) in [4.78, 5) is 28.6. The number of likely N-dealkylation sites (tertiary alicyclic amines) is 1. The molecule has 2 aliphatic rings. The van der Waals surface area contributed by atoms with Crippen molar-refractivity contribution in [3.63, 3.8) is 0 Å². The van der Waals surface area contributed by atoms with Gasteiger partial charge in [-0.05, 0) is 63.0 Å². The van der Waals surface area contributed by atoms with Crippen LogP contribution in [0.1, 0.15) is 33.6 Å². The van der Waals surface area contributed by atoms with E-state index in [1.54, 1.807) is 31.4 Å². The predicted octanol–water partition coefficient (Wildman–Crippen LogP) is 1.90. The summed E-state index contributed by atoms with van der Waals surface area (Å²) in [6.07, 6.45) is 2.27. The van der Waals surface area contributed by atoms with Gasteiger partial charge in [-0.15, -0.1) is 0 Å². The molecule has 142 valence electrons. The number of hydrogen-bond donors (Lipinski definition) is 0. The van der Waals surface area contributed by atoms with Gasteiger partial charge in [-0.2, -0.15) is 0 Å². The molecule has 6 heteroatoms. The first kappa shape index (κ1) is 18.9. The number of likely N-dealkylation sites (N-methyl/N-ethyl adjacent to an activating group) is 1. The first-order valence-corrected chi connectivity index (χ1v) is 9.11. The molecule has 0 N–H and O–H groups in total. The van der Waals surface area contributed by atoms with Crippen molar-refractivity contribution in [3.05, 3.63) is 35.4 Å². The normalized spacial score (nSPS) is 28.1. The molecule has 2 fully saturated rings. The van der Waals surface area contributed by atoms with Gasteiger partial charge in [-0.3, -0.25) is 4.79 Å². The Morgan fingerprint density at radius 3 is 2.12 bits per heavy atom. The molecular formula is C20H28N2O4. The molecule has 0 spiro atoms. The number of hydrogen-bond acceptors (Lipinski definition) is 5. The van der Waals surface area contributed by atoms with Gasteiger partial charge in [0.05, 0.1) is 18.8 Å². The van der Waals surface area contributed by atoms with Gasteiger partial charge in [0.15, 0.2) is 0 Å². The summed E-state index contributed by atoms with van der Waals surface area (Å²) >= 11 is 0. The fourth-order valence-electron chi connectivity index (χ4n) is 4.40. The summed E-state index contributed by atoms with van der Waals surface area (Å²) in [7, 11) is 7.32. The van der Waals surface area contributed by atoms with Gasteiger partial charge in [0.1, 0.15) is 0 Å². The van der Waals surface area contributed by atoms with Crippen molar-refractivity contribution in [1.29, 1.82) is 0 Å². The molecule has 0 aromatic heterocycles. The van der Waals surface area contributed by atoms with Gasteiger partial charge in [0.25, 0.3) is 5.91 Å². The van der Waals surface area contributed by atoms with Gasteiger partial charge in [0.2, 0.25) is 0 Å². The number of fused-ring (bicyclic) bond motifs is 1. The molecule has 1 aromatic rings. The molecule has 4 atom stereocenters. The third kappa shape index (κ3) is 3.62. The zero-order chi connectivity index (χ0) is 18.8. The number of methoxy groups -OCH3 is 2. The number of rotatable bonds is 4. The number of esters is 1. The minimum atomic E-state index is -0.392. The van der Waals surface area contributed by atoms with Crippen molar-refractivity contribution in [2.24, 2.45) is 11.8 Å². The van der Waals surface area contributed by atoms with Crippen LogP contribution in [0.5, 0.6) is 0 Å². The number of benzene rings is 1. The highest BCUT2D eigenvalue weighted by Gasteiger charge is 2.44. The molecule has 1 heterocycles. The van der Waals surface area contributed by atoms with E-state index in [2.05, 4.69) is 19.0 Å². The van der Waals surface area contributed by atoms with Crippen LogP contribution in [-0.4, -0.2) is 75.2 Å². The number of amides is 1. The van der Waals surface area contributed by atoms with Gasteiger partial charge in [-0.1, -0.05) is 0 Å². The average molecular weight is 360 g/mol. The highest BCUT2D eigenvalue weighted by Crippen LogP contribution is 2.39. The van der Waals surface area contributed by atoms with E-state index in [1.165, 1.54) is 7.11 Å². The number of nitrogens with zero attached hydrogens (tertiary/aromatic N) is 2. The lowest BCUT2D eigenvalue weighted by atomic mass is 9.77. The maximum atomic E-state index is 12.9. The summed E-state index contributed by atoms with van der Waals surface area (Å²) in [5.41, 5.74) is 1.07. The fraction of sp³-hybridized carbons (Fsp3) is 0.600. The minimum Gasteiger partial charge on any atom is -0.465 e. The molecule has 1 aromatic carbocycles. The van der Waals surface area contributed by atoms with Crippen molar-refractivity contribution in [2.75, 3.05) is 41.4 Å². The molecule has 0 radical (unpaired) electrons. The summed E-state index contributed by atoms with van der Waals surface area (Å²) in [6, 6.07) is 7.10. The number of ether oxygens (including phenoxy) is 2. The number of carbonyl (C=O) groups is 2. The second-order valence-electron chi connectivity index (χ2n) is 7.58. The van der Waals surface area contributed by atoms with Crippen molar-refractivity contribution in [2.45, 2.75) is 25.0 Å². The second kappa shape index (κ2) is 7.76. The molecule has 3 rings (SSSR count). The quantitative estimate of drug-likeness (QED) is 0.768. The minimum absolute atomic E-state index is 0.0335. The molecule has 1 amide bonds. The van der Waals surface area contributed by atoms with Gasteiger partial charge < -0.3 is 19.3 Å². The molecule has 1 aliphatic carbocycles. The third-order valence-corrected chi connectivity index (χ3v) is 5.89. The summed E-state index contributed by atoms with van der Waals surface area (Å²) < 4.78 is 10.4. The Morgan fingerprint density at radius 2 is 1.58 bits per heavy atom. The van der Waals surface area contributed by atoms with Gasteiger partial charge in [0, 0.05) is 31.8 Å². The van der Waals surface area contributed by atoms with E-state index in [4.69, 9.17) is 9.47 Å². The van der Waals surface area contributed by atoms with E-state index >= 15 is 0 Å². The van der Waals surface area contributed by atoms with Crippen LogP contribution >= 0.6 is 0 Å². The Bertz CT molecular complexity index is 658. The van der Waals surface area contributed by atoms with Gasteiger partial charge >= 0.3 is 5.97 Å². The summed E-state index contributed by atoms with van der Waals surface area (Å²) in [5, 5.41) is 0. The van der Waals surface area contributed by atoms with E-state index in [0.29, 0.717) is 29.0 Å². The molecule has 1 aliphatic heterocycles. The number of carbonyl (C=O) groups excluding carboxylic acids is 2. The first-order chi connectivity index (χ1) is 12.4. The Balaban J connectivity index is 1.68. The van der Waals surface area contributed by atoms with Crippen LogP contribution in [0.4, 0.5) is 0 Å². The monoisotopic (exact) mass is 360 g/mol. The van der Waals surface area contributed by atoms with E-state index in [-0.39, 0.29) is 12.0 Å². The first-order valence-electron chi connectivity index (χ1n) is 9.11. The predicted molar refractivity (Wildman–Crippen MR) is 98.2 cm³/mol.